The molecule has 6 heteroatoms. The molecule has 0 saturated carbocycles. The zero-order chi connectivity index (χ0) is 16.2. The minimum Gasteiger partial charge on any atom is -0.491 e. The molecule has 0 amide bonds. The van der Waals surface area contributed by atoms with Crippen LogP contribution in [0.5, 0.6) is 5.75 Å². The van der Waals surface area contributed by atoms with Crippen LogP contribution in [0, 0.1) is 0 Å². The molecular formula is C17H15N3O3. The number of carbonyl (C=O) groups is 1. The Bertz CT molecular complexity index is 918. The van der Waals surface area contributed by atoms with Crippen LogP contribution in [0.15, 0.2) is 53.3 Å². The van der Waals surface area contributed by atoms with E-state index in [1.165, 1.54) is 11.6 Å². The van der Waals surface area contributed by atoms with E-state index in [4.69, 9.17) is 4.74 Å². The number of Topliss-reactive ketones (excluding diaryl/α,β-unsaturated/α-hetero) is 1. The highest BCUT2D eigenvalue weighted by Crippen LogP contribution is 2.18. The maximum Gasteiger partial charge on any atom is 0.277 e. The van der Waals surface area contributed by atoms with E-state index < -0.39 is 0 Å². The summed E-state index contributed by atoms with van der Waals surface area (Å²) < 4.78 is 6.88. The van der Waals surface area contributed by atoms with Crippen LogP contribution in [0.4, 0.5) is 0 Å². The predicted molar refractivity (Wildman–Crippen MR) is 85.7 cm³/mol. The van der Waals surface area contributed by atoms with Gasteiger partial charge in [0.25, 0.3) is 5.56 Å². The van der Waals surface area contributed by atoms with Gasteiger partial charge in [-0.15, -0.1) is 5.10 Å². The zero-order valence-electron chi connectivity index (χ0n) is 12.6. The molecular weight excluding hydrogens is 294 g/mol. The van der Waals surface area contributed by atoms with Gasteiger partial charge in [-0.2, -0.15) is 0 Å². The average Bonchev–Trinajstić information content (AvgIpc) is 2.57. The van der Waals surface area contributed by atoms with Crippen LogP contribution in [-0.2, 0) is 6.54 Å². The van der Waals surface area contributed by atoms with E-state index in [1.807, 2.05) is 6.07 Å². The number of aromatic nitrogens is 3. The number of para-hydroxylation sites is 1. The van der Waals surface area contributed by atoms with Crippen LogP contribution in [0.2, 0.25) is 0 Å². The molecule has 0 radical (unpaired) electrons. The molecule has 0 bridgehead atoms. The van der Waals surface area contributed by atoms with Crippen molar-refractivity contribution in [2.24, 2.45) is 0 Å². The lowest BCUT2D eigenvalue weighted by Crippen LogP contribution is -2.26. The Labute approximate surface area is 132 Å². The second kappa shape index (κ2) is 6.39. The molecule has 0 spiro atoms. The summed E-state index contributed by atoms with van der Waals surface area (Å²) in [6, 6.07) is 14.1. The van der Waals surface area contributed by atoms with Crippen molar-refractivity contribution in [1.29, 1.82) is 0 Å². The molecule has 0 aliphatic rings. The van der Waals surface area contributed by atoms with Crippen LogP contribution >= 0.6 is 0 Å². The van der Waals surface area contributed by atoms with Crippen molar-refractivity contribution in [2.75, 3.05) is 6.61 Å². The second-order valence-electron chi connectivity index (χ2n) is 5.04. The fourth-order valence-corrected chi connectivity index (χ4v) is 2.30. The van der Waals surface area contributed by atoms with Crippen molar-refractivity contribution in [1.82, 2.24) is 15.0 Å². The zero-order valence-corrected chi connectivity index (χ0v) is 12.6. The summed E-state index contributed by atoms with van der Waals surface area (Å²) in [6.07, 6.45) is 0. The fourth-order valence-electron chi connectivity index (χ4n) is 2.30. The van der Waals surface area contributed by atoms with E-state index in [9.17, 15) is 9.59 Å². The summed E-state index contributed by atoms with van der Waals surface area (Å²) in [5.41, 5.74) is 0.875. The van der Waals surface area contributed by atoms with E-state index in [0.717, 1.165) is 0 Å². The molecule has 1 heterocycles. The van der Waals surface area contributed by atoms with Gasteiger partial charge < -0.3 is 4.74 Å². The molecule has 3 rings (SSSR count). The Balaban J connectivity index is 1.76. The van der Waals surface area contributed by atoms with Crippen LogP contribution in [0.1, 0.15) is 17.3 Å². The topological polar surface area (TPSA) is 74.1 Å². The van der Waals surface area contributed by atoms with Crippen molar-refractivity contribution < 1.29 is 9.53 Å². The van der Waals surface area contributed by atoms with E-state index in [0.29, 0.717) is 22.2 Å². The molecule has 0 aliphatic heterocycles. The molecule has 1 aromatic heterocycles. The number of benzene rings is 2. The molecule has 3 aromatic rings. The minimum atomic E-state index is -0.209. The van der Waals surface area contributed by atoms with Gasteiger partial charge in [0.1, 0.15) is 17.9 Å². The van der Waals surface area contributed by atoms with Crippen LogP contribution in [-0.4, -0.2) is 27.4 Å². The third-order valence-corrected chi connectivity index (χ3v) is 3.46. The molecule has 0 N–H and O–H groups in total. The molecule has 0 fully saturated rings. The van der Waals surface area contributed by atoms with E-state index in [2.05, 4.69) is 10.3 Å². The van der Waals surface area contributed by atoms with Gasteiger partial charge in [-0.25, -0.2) is 4.68 Å². The molecule has 2 aromatic carbocycles. The fraction of sp³-hybridized carbons (Fsp3) is 0.176. The number of fused-ring (bicyclic) bond motifs is 1. The maximum atomic E-state index is 12.3. The Kier molecular flexibility index (Phi) is 4.14. The molecule has 23 heavy (non-hydrogen) atoms. The minimum absolute atomic E-state index is 0.0664. The summed E-state index contributed by atoms with van der Waals surface area (Å²) in [4.78, 5) is 23.8. The first-order valence-corrected chi connectivity index (χ1v) is 7.22. The summed E-state index contributed by atoms with van der Waals surface area (Å²) in [5, 5.41) is 8.44. The molecule has 6 nitrogen and oxygen atoms in total. The second-order valence-corrected chi connectivity index (χ2v) is 5.04. The lowest BCUT2D eigenvalue weighted by Gasteiger charge is -2.10. The summed E-state index contributed by atoms with van der Waals surface area (Å²) in [6.45, 7) is 1.96. The summed E-state index contributed by atoms with van der Waals surface area (Å²) in [5.74, 6) is 0.435. The van der Waals surface area contributed by atoms with Crippen molar-refractivity contribution in [3.63, 3.8) is 0 Å². The monoisotopic (exact) mass is 309 g/mol. The quantitative estimate of drug-likeness (QED) is 0.675. The highest BCUT2D eigenvalue weighted by molar-refractivity contribution is 5.96. The van der Waals surface area contributed by atoms with Gasteiger partial charge in [-0.05, 0) is 31.2 Å². The highest BCUT2D eigenvalue weighted by atomic mass is 16.5. The Morgan fingerprint density at radius 2 is 1.87 bits per heavy atom. The van der Waals surface area contributed by atoms with Gasteiger partial charge in [0, 0.05) is 0 Å². The molecule has 0 atom stereocenters. The van der Waals surface area contributed by atoms with E-state index in [1.54, 1.807) is 42.5 Å². The van der Waals surface area contributed by atoms with Gasteiger partial charge >= 0.3 is 0 Å². The number of carbonyl (C=O) groups excluding carboxylic acids is 1. The summed E-state index contributed by atoms with van der Waals surface area (Å²) >= 11 is 0. The van der Waals surface area contributed by atoms with Crippen molar-refractivity contribution >= 4 is 16.7 Å². The lowest BCUT2D eigenvalue weighted by atomic mass is 10.1. The largest absolute Gasteiger partial charge is 0.491 e. The van der Waals surface area contributed by atoms with Gasteiger partial charge in [0.2, 0.25) is 0 Å². The number of nitrogens with zero attached hydrogens (tertiary/aromatic N) is 3. The standard InChI is InChI=1S/C17H15N3O3/c1-12(21)13-6-3-5-9-16(13)23-11-10-20-17(22)14-7-2-4-8-15(14)18-19-20/h2-9H,10-11H2,1H3. The highest BCUT2D eigenvalue weighted by Gasteiger charge is 2.08. The number of ether oxygens (including phenoxy) is 1. The molecule has 0 unspecified atom stereocenters. The van der Waals surface area contributed by atoms with Gasteiger partial charge in [0.15, 0.2) is 5.78 Å². The van der Waals surface area contributed by atoms with Crippen LogP contribution in [0.3, 0.4) is 0 Å². The predicted octanol–water partition coefficient (Wildman–Crippen LogP) is 2.07. The Morgan fingerprint density at radius 1 is 1.13 bits per heavy atom. The van der Waals surface area contributed by atoms with Crippen LogP contribution in [0.25, 0.3) is 10.9 Å². The smallest absolute Gasteiger partial charge is 0.277 e. The van der Waals surface area contributed by atoms with Crippen molar-refractivity contribution in [3.8, 4) is 5.75 Å². The van der Waals surface area contributed by atoms with Crippen molar-refractivity contribution in [3.05, 3.63) is 64.4 Å². The van der Waals surface area contributed by atoms with Gasteiger partial charge in [-0.3, -0.25) is 9.59 Å². The molecule has 0 aliphatic carbocycles. The normalized spacial score (nSPS) is 10.7. The lowest BCUT2D eigenvalue weighted by molar-refractivity contribution is 0.101. The Morgan fingerprint density at radius 3 is 2.70 bits per heavy atom. The maximum absolute atomic E-state index is 12.3. The number of hydrogen-bond donors (Lipinski definition) is 0. The molecule has 0 saturated heterocycles. The van der Waals surface area contributed by atoms with Crippen molar-refractivity contribution in [2.45, 2.75) is 13.5 Å². The summed E-state index contributed by atoms with van der Waals surface area (Å²) in [7, 11) is 0. The first-order chi connectivity index (χ1) is 11.2. The number of hydrogen-bond acceptors (Lipinski definition) is 5. The van der Waals surface area contributed by atoms with Gasteiger partial charge in [0.05, 0.1) is 17.5 Å². The van der Waals surface area contributed by atoms with Crippen LogP contribution < -0.4 is 10.3 Å². The van der Waals surface area contributed by atoms with E-state index in [-0.39, 0.29) is 24.5 Å². The first kappa shape index (κ1) is 14.9. The first-order valence-electron chi connectivity index (χ1n) is 7.22. The Hall–Kier alpha value is -3.02. The number of rotatable bonds is 5. The van der Waals surface area contributed by atoms with E-state index >= 15 is 0 Å². The SMILES string of the molecule is CC(=O)c1ccccc1OCCn1nnc2ccccc2c1=O. The number of ketones is 1. The molecule has 116 valence electrons. The third-order valence-electron chi connectivity index (χ3n) is 3.46. The third kappa shape index (κ3) is 3.11. The van der Waals surface area contributed by atoms with Gasteiger partial charge in [-0.1, -0.05) is 29.5 Å². The average molecular weight is 309 g/mol.